The summed E-state index contributed by atoms with van der Waals surface area (Å²) in [6, 6.07) is 43.2. The van der Waals surface area contributed by atoms with Gasteiger partial charge in [-0.15, -0.1) is 0 Å². The number of hydrogen-bond donors (Lipinski definition) is 0. The largest absolute Gasteiger partial charge is 0.228 e. The number of hydrogen-bond acceptors (Lipinski definition) is 2. The summed E-state index contributed by atoms with van der Waals surface area (Å²) in [5, 5.41) is 2.98. The molecule has 0 aliphatic heterocycles. The zero-order valence-electron chi connectivity index (χ0n) is 18.9. The highest BCUT2D eigenvalue weighted by molar-refractivity contribution is 6.33. The molecule has 0 saturated carbocycles. The number of halogens is 1. The van der Waals surface area contributed by atoms with Crippen LogP contribution in [0, 0.1) is 0 Å². The van der Waals surface area contributed by atoms with Crippen molar-refractivity contribution in [1.82, 2.24) is 9.97 Å². The average molecular weight is 469 g/mol. The topological polar surface area (TPSA) is 25.8 Å². The van der Waals surface area contributed by atoms with E-state index in [-0.39, 0.29) is 0 Å². The van der Waals surface area contributed by atoms with Gasteiger partial charge in [-0.25, -0.2) is 9.97 Å². The van der Waals surface area contributed by atoms with E-state index < -0.39 is 0 Å². The first kappa shape index (κ1) is 21.3. The van der Waals surface area contributed by atoms with Crippen molar-refractivity contribution in [3.05, 3.63) is 132 Å². The van der Waals surface area contributed by atoms with E-state index in [9.17, 15) is 0 Å². The fourth-order valence-electron chi connectivity index (χ4n) is 4.50. The van der Waals surface area contributed by atoms with E-state index in [1.807, 2.05) is 60.7 Å². The summed E-state index contributed by atoms with van der Waals surface area (Å²) >= 11 is 6.62. The molecule has 166 valence electrons. The summed E-state index contributed by atoms with van der Waals surface area (Å²) in [7, 11) is 0. The van der Waals surface area contributed by atoms with Gasteiger partial charge in [0, 0.05) is 21.7 Å². The predicted molar refractivity (Wildman–Crippen MR) is 146 cm³/mol. The molecule has 0 atom stereocenters. The van der Waals surface area contributed by atoms with E-state index in [1.54, 1.807) is 0 Å². The molecule has 1 heterocycles. The van der Waals surface area contributed by atoms with Gasteiger partial charge in [-0.05, 0) is 34.0 Å². The smallest absolute Gasteiger partial charge is 0.160 e. The van der Waals surface area contributed by atoms with Crippen LogP contribution < -0.4 is 0 Å². The van der Waals surface area contributed by atoms with E-state index in [1.165, 1.54) is 5.39 Å². The molecule has 0 aliphatic carbocycles. The van der Waals surface area contributed by atoms with Gasteiger partial charge in [-0.3, -0.25) is 0 Å². The number of benzene rings is 5. The van der Waals surface area contributed by atoms with Crippen LogP contribution in [-0.4, -0.2) is 9.97 Å². The first-order valence-corrected chi connectivity index (χ1v) is 11.9. The van der Waals surface area contributed by atoms with Gasteiger partial charge >= 0.3 is 0 Å². The standard InChI is InChI=1S/C32H21ClN2/c33-28-18-10-9-17-27(28)29-21-30(35-32(34-29)24-14-5-2-6-15-24)31-25-16-8-7-13-23(25)19-20-26(31)22-11-3-1-4-12-22/h1-21H. The molecule has 35 heavy (non-hydrogen) atoms. The molecule has 0 spiro atoms. The van der Waals surface area contributed by atoms with Crippen molar-refractivity contribution in [2.75, 3.05) is 0 Å². The van der Waals surface area contributed by atoms with Gasteiger partial charge in [0.05, 0.1) is 11.4 Å². The summed E-state index contributed by atoms with van der Waals surface area (Å²) in [6.45, 7) is 0. The van der Waals surface area contributed by atoms with Crippen LogP contribution in [0.25, 0.3) is 55.8 Å². The lowest BCUT2D eigenvalue weighted by Crippen LogP contribution is -1.98. The molecule has 0 amide bonds. The molecule has 0 saturated heterocycles. The first-order valence-electron chi connectivity index (χ1n) is 11.5. The number of fused-ring (bicyclic) bond motifs is 1. The minimum atomic E-state index is 0.664. The maximum Gasteiger partial charge on any atom is 0.160 e. The fraction of sp³-hybridized carbons (Fsp3) is 0. The van der Waals surface area contributed by atoms with E-state index in [4.69, 9.17) is 21.6 Å². The lowest BCUT2D eigenvalue weighted by Gasteiger charge is -2.16. The normalized spacial score (nSPS) is 11.0. The molecule has 0 fully saturated rings. The zero-order valence-corrected chi connectivity index (χ0v) is 19.7. The lowest BCUT2D eigenvalue weighted by atomic mass is 9.91. The van der Waals surface area contributed by atoms with Crippen molar-refractivity contribution >= 4 is 22.4 Å². The third kappa shape index (κ3) is 4.09. The lowest BCUT2D eigenvalue weighted by molar-refractivity contribution is 1.18. The molecule has 2 nitrogen and oxygen atoms in total. The highest BCUT2D eigenvalue weighted by Crippen LogP contribution is 2.39. The van der Waals surface area contributed by atoms with Crippen LogP contribution in [0.15, 0.2) is 127 Å². The van der Waals surface area contributed by atoms with Crippen LogP contribution >= 0.6 is 11.6 Å². The van der Waals surface area contributed by atoms with Crippen LogP contribution in [0.1, 0.15) is 0 Å². The van der Waals surface area contributed by atoms with Crippen molar-refractivity contribution < 1.29 is 0 Å². The molecule has 6 rings (SSSR count). The molecule has 6 aromatic rings. The van der Waals surface area contributed by atoms with Gasteiger partial charge in [0.2, 0.25) is 0 Å². The summed E-state index contributed by atoms with van der Waals surface area (Å²) in [6.07, 6.45) is 0. The Labute approximate surface area is 209 Å². The zero-order chi connectivity index (χ0) is 23.6. The third-order valence-corrected chi connectivity index (χ3v) is 6.51. The molecule has 0 N–H and O–H groups in total. The number of rotatable bonds is 4. The average Bonchev–Trinajstić information content (AvgIpc) is 2.93. The highest BCUT2D eigenvalue weighted by atomic mass is 35.5. The van der Waals surface area contributed by atoms with Gasteiger partial charge in [-0.1, -0.05) is 127 Å². The van der Waals surface area contributed by atoms with Crippen molar-refractivity contribution in [1.29, 1.82) is 0 Å². The van der Waals surface area contributed by atoms with E-state index in [0.717, 1.165) is 44.6 Å². The van der Waals surface area contributed by atoms with E-state index in [0.29, 0.717) is 10.8 Å². The molecule has 1 aromatic heterocycles. The van der Waals surface area contributed by atoms with E-state index >= 15 is 0 Å². The molecular formula is C32H21ClN2. The maximum atomic E-state index is 6.62. The molecule has 0 radical (unpaired) electrons. The number of nitrogens with zero attached hydrogens (tertiary/aromatic N) is 2. The predicted octanol–water partition coefficient (Wildman–Crippen LogP) is 8.95. The van der Waals surface area contributed by atoms with Gasteiger partial charge in [-0.2, -0.15) is 0 Å². The summed E-state index contributed by atoms with van der Waals surface area (Å²) in [4.78, 5) is 10.1. The Bertz CT molecular complexity index is 1640. The quantitative estimate of drug-likeness (QED) is 0.258. The molecule has 0 aliphatic rings. The Balaban J connectivity index is 1.69. The van der Waals surface area contributed by atoms with Gasteiger partial charge < -0.3 is 0 Å². The SMILES string of the molecule is Clc1ccccc1-c1cc(-c2c(-c3ccccc3)ccc3ccccc23)nc(-c2ccccc2)n1. The van der Waals surface area contributed by atoms with Crippen molar-refractivity contribution in [3.63, 3.8) is 0 Å². The van der Waals surface area contributed by atoms with Crippen LogP contribution in [0.5, 0.6) is 0 Å². The minimum absolute atomic E-state index is 0.664. The molecular weight excluding hydrogens is 448 g/mol. The second kappa shape index (κ2) is 9.17. The van der Waals surface area contributed by atoms with Crippen molar-refractivity contribution in [2.24, 2.45) is 0 Å². The third-order valence-electron chi connectivity index (χ3n) is 6.18. The first-order chi connectivity index (χ1) is 17.3. The minimum Gasteiger partial charge on any atom is -0.228 e. The molecule has 0 unspecified atom stereocenters. The molecule has 5 aromatic carbocycles. The van der Waals surface area contributed by atoms with E-state index in [2.05, 4.69) is 66.7 Å². The number of aromatic nitrogens is 2. The Hall–Kier alpha value is -4.27. The second-order valence-electron chi connectivity index (χ2n) is 8.38. The van der Waals surface area contributed by atoms with Crippen LogP contribution in [0.4, 0.5) is 0 Å². The summed E-state index contributed by atoms with van der Waals surface area (Å²) in [5.74, 6) is 0.671. The van der Waals surface area contributed by atoms with Gasteiger partial charge in [0.15, 0.2) is 5.82 Å². The van der Waals surface area contributed by atoms with Crippen LogP contribution in [-0.2, 0) is 0 Å². The maximum absolute atomic E-state index is 6.62. The molecule has 3 heteroatoms. The van der Waals surface area contributed by atoms with Crippen LogP contribution in [0.2, 0.25) is 5.02 Å². The van der Waals surface area contributed by atoms with Crippen molar-refractivity contribution in [3.8, 4) is 45.0 Å². The highest BCUT2D eigenvalue weighted by Gasteiger charge is 2.17. The van der Waals surface area contributed by atoms with Crippen molar-refractivity contribution in [2.45, 2.75) is 0 Å². The Morgan fingerprint density at radius 1 is 0.486 bits per heavy atom. The Morgan fingerprint density at radius 3 is 1.89 bits per heavy atom. The Kier molecular flexibility index (Phi) is 5.57. The second-order valence-corrected chi connectivity index (χ2v) is 8.79. The summed E-state index contributed by atoms with van der Waals surface area (Å²) < 4.78 is 0. The fourth-order valence-corrected chi connectivity index (χ4v) is 4.74. The Morgan fingerprint density at radius 2 is 1.11 bits per heavy atom. The summed E-state index contributed by atoms with van der Waals surface area (Å²) in [5.41, 5.74) is 6.87. The van der Waals surface area contributed by atoms with Crippen LogP contribution in [0.3, 0.4) is 0 Å². The van der Waals surface area contributed by atoms with Gasteiger partial charge in [0.25, 0.3) is 0 Å². The molecule has 0 bridgehead atoms. The monoisotopic (exact) mass is 468 g/mol. The van der Waals surface area contributed by atoms with Gasteiger partial charge in [0.1, 0.15) is 0 Å².